The van der Waals surface area contributed by atoms with E-state index in [-0.39, 0.29) is 0 Å². The number of allylic oxidation sites excluding steroid dienone is 1. The van der Waals surface area contributed by atoms with Crippen molar-refractivity contribution in [1.82, 2.24) is 0 Å². The minimum Gasteiger partial charge on any atom is -0.270 e. The van der Waals surface area contributed by atoms with Crippen molar-refractivity contribution in [2.45, 2.75) is 46.5 Å². The van der Waals surface area contributed by atoms with E-state index in [9.17, 15) is 0 Å². The molecule has 0 aromatic rings. The summed E-state index contributed by atoms with van der Waals surface area (Å²) in [5.74, 6) is 0.850. The van der Waals surface area contributed by atoms with Gasteiger partial charge in [-0.25, -0.2) is 0 Å². The van der Waals surface area contributed by atoms with Crippen molar-refractivity contribution in [2.75, 3.05) is 0 Å². The average Bonchev–Trinajstić information content (AvgIpc) is 2.02. The maximum Gasteiger partial charge on any atom is 0.0223 e. The summed E-state index contributed by atoms with van der Waals surface area (Å²) in [6.07, 6.45) is 11.0. The van der Waals surface area contributed by atoms with Gasteiger partial charge in [0.1, 0.15) is 0 Å². The fourth-order valence-electron chi connectivity index (χ4n) is 1.04. The van der Waals surface area contributed by atoms with Gasteiger partial charge in [0.05, 0.1) is 0 Å². The molecule has 0 atom stereocenters. The summed E-state index contributed by atoms with van der Waals surface area (Å²) in [6, 6.07) is 0. The maximum absolute atomic E-state index is 4.00. The quantitative estimate of drug-likeness (QED) is 0.421. The highest BCUT2D eigenvalue weighted by molar-refractivity contribution is 5.54. The molecule has 0 saturated heterocycles. The molecule has 0 saturated carbocycles. The first-order valence-electron chi connectivity index (χ1n) is 4.90. The van der Waals surface area contributed by atoms with Gasteiger partial charge in [0.2, 0.25) is 0 Å². The van der Waals surface area contributed by atoms with Crippen LogP contribution in [-0.2, 0) is 0 Å². The monoisotopic (exact) mass is 167 g/mol. The lowest BCUT2D eigenvalue weighted by Gasteiger charge is -2.01. The molecule has 0 aliphatic heterocycles. The van der Waals surface area contributed by atoms with Gasteiger partial charge < -0.3 is 0 Å². The van der Waals surface area contributed by atoms with Crippen LogP contribution in [0.5, 0.6) is 0 Å². The van der Waals surface area contributed by atoms with Crippen LogP contribution in [0.2, 0.25) is 0 Å². The Morgan fingerprint density at radius 1 is 1.25 bits per heavy atom. The molecule has 0 N–H and O–H groups in total. The summed E-state index contributed by atoms with van der Waals surface area (Å²) >= 11 is 0. The predicted molar refractivity (Wildman–Crippen MR) is 56.6 cm³/mol. The number of rotatable bonds is 6. The van der Waals surface area contributed by atoms with Gasteiger partial charge in [-0.1, -0.05) is 32.8 Å². The number of hydrogen-bond donors (Lipinski definition) is 0. The molecule has 0 heterocycles. The second-order valence-corrected chi connectivity index (χ2v) is 3.47. The lowest BCUT2D eigenvalue weighted by Crippen LogP contribution is -1.85. The Bertz CT molecular complexity index is 134. The summed E-state index contributed by atoms with van der Waals surface area (Å²) in [4.78, 5) is 4.00. The van der Waals surface area contributed by atoms with Gasteiger partial charge in [0.25, 0.3) is 0 Å². The molecule has 0 aromatic heterocycles. The Morgan fingerprint density at radius 2 is 2.00 bits per heavy atom. The van der Waals surface area contributed by atoms with Crippen molar-refractivity contribution in [2.24, 2.45) is 10.9 Å². The van der Waals surface area contributed by atoms with E-state index in [4.69, 9.17) is 0 Å². The van der Waals surface area contributed by atoms with E-state index >= 15 is 0 Å². The van der Waals surface area contributed by atoms with Gasteiger partial charge in [0.15, 0.2) is 0 Å². The highest BCUT2D eigenvalue weighted by Gasteiger charge is 1.91. The number of nitrogens with zero attached hydrogens (tertiary/aromatic N) is 1. The highest BCUT2D eigenvalue weighted by atomic mass is 14.6. The van der Waals surface area contributed by atoms with Gasteiger partial charge in [-0.15, -0.1) is 0 Å². The van der Waals surface area contributed by atoms with Crippen LogP contribution in [0.1, 0.15) is 46.5 Å². The first-order valence-corrected chi connectivity index (χ1v) is 4.90. The predicted octanol–water partition coefficient (Wildman–Crippen LogP) is 3.81. The molecule has 0 unspecified atom stereocenters. The van der Waals surface area contributed by atoms with Crippen LogP contribution < -0.4 is 0 Å². The van der Waals surface area contributed by atoms with Crippen molar-refractivity contribution >= 4 is 6.21 Å². The van der Waals surface area contributed by atoms with Crippen LogP contribution in [0.3, 0.4) is 0 Å². The Morgan fingerprint density at radius 3 is 2.58 bits per heavy atom. The standard InChI is InChI=1S/C11H21N/c1-4-12-10-8-6-5-7-9-11(2)3/h4,8,10-11H,5-7,9H2,1-3H3/b10-8+,12-4?. The van der Waals surface area contributed by atoms with E-state index in [0.717, 1.165) is 5.92 Å². The second kappa shape index (κ2) is 8.51. The van der Waals surface area contributed by atoms with Crippen molar-refractivity contribution in [3.05, 3.63) is 12.3 Å². The highest BCUT2D eigenvalue weighted by Crippen LogP contribution is 2.07. The molecule has 0 rings (SSSR count). The fraction of sp³-hybridized carbons (Fsp3) is 0.727. The number of hydrogen-bond acceptors (Lipinski definition) is 1. The molecule has 0 fully saturated rings. The third kappa shape index (κ3) is 9.41. The zero-order chi connectivity index (χ0) is 9.23. The molecule has 0 aliphatic carbocycles. The van der Waals surface area contributed by atoms with Crippen LogP contribution in [0, 0.1) is 5.92 Å². The average molecular weight is 167 g/mol. The molecule has 0 radical (unpaired) electrons. The number of unbranched alkanes of at least 4 members (excludes halogenated alkanes) is 2. The Balaban J connectivity index is 3.10. The summed E-state index contributed by atoms with van der Waals surface area (Å²) in [6.45, 7) is 6.48. The molecule has 0 amide bonds. The third-order valence-electron chi connectivity index (χ3n) is 1.74. The van der Waals surface area contributed by atoms with Gasteiger partial charge in [-0.3, -0.25) is 4.99 Å². The van der Waals surface area contributed by atoms with Crippen LogP contribution >= 0.6 is 0 Å². The van der Waals surface area contributed by atoms with Gasteiger partial charge in [0, 0.05) is 12.4 Å². The van der Waals surface area contributed by atoms with Crippen LogP contribution in [-0.4, -0.2) is 6.21 Å². The molecular formula is C11H21N. The van der Waals surface area contributed by atoms with E-state index in [2.05, 4.69) is 24.9 Å². The van der Waals surface area contributed by atoms with Gasteiger partial charge in [-0.05, 0) is 25.7 Å². The lowest BCUT2D eigenvalue weighted by atomic mass is 10.1. The van der Waals surface area contributed by atoms with Crippen molar-refractivity contribution < 1.29 is 0 Å². The fourth-order valence-corrected chi connectivity index (χ4v) is 1.04. The first kappa shape index (κ1) is 11.4. The van der Waals surface area contributed by atoms with E-state index in [1.165, 1.54) is 25.7 Å². The molecule has 12 heavy (non-hydrogen) atoms. The largest absolute Gasteiger partial charge is 0.270 e. The van der Waals surface area contributed by atoms with Crippen molar-refractivity contribution in [3.63, 3.8) is 0 Å². The lowest BCUT2D eigenvalue weighted by molar-refractivity contribution is 0.540. The Labute approximate surface area is 76.6 Å². The molecule has 0 spiro atoms. The Hall–Kier alpha value is -0.590. The van der Waals surface area contributed by atoms with E-state index < -0.39 is 0 Å². The molecule has 0 aliphatic rings. The van der Waals surface area contributed by atoms with Gasteiger partial charge >= 0.3 is 0 Å². The molecule has 0 aromatic carbocycles. The second-order valence-electron chi connectivity index (χ2n) is 3.47. The minimum absolute atomic E-state index is 0.850. The van der Waals surface area contributed by atoms with Crippen LogP contribution in [0.4, 0.5) is 0 Å². The summed E-state index contributed by atoms with van der Waals surface area (Å²) in [5, 5.41) is 0. The first-order chi connectivity index (χ1) is 5.77. The normalized spacial score (nSPS) is 12.3. The summed E-state index contributed by atoms with van der Waals surface area (Å²) < 4.78 is 0. The molecule has 70 valence electrons. The number of aliphatic imine (C=N–C) groups is 1. The zero-order valence-corrected chi connectivity index (χ0v) is 8.59. The summed E-state index contributed by atoms with van der Waals surface area (Å²) in [7, 11) is 0. The molecule has 1 heteroatoms. The SMILES string of the molecule is CC=N/C=C/CCCCC(C)C. The molecular weight excluding hydrogens is 146 g/mol. The molecule has 0 bridgehead atoms. The van der Waals surface area contributed by atoms with E-state index in [1.807, 2.05) is 19.3 Å². The minimum atomic E-state index is 0.850. The van der Waals surface area contributed by atoms with Crippen LogP contribution in [0.15, 0.2) is 17.3 Å². The molecule has 1 nitrogen and oxygen atoms in total. The van der Waals surface area contributed by atoms with Crippen molar-refractivity contribution in [1.29, 1.82) is 0 Å². The topological polar surface area (TPSA) is 12.4 Å². The van der Waals surface area contributed by atoms with E-state index in [0.29, 0.717) is 0 Å². The van der Waals surface area contributed by atoms with E-state index in [1.54, 1.807) is 0 Å². The third-order valence-corrected chi connectivity index (χ3v) is 1.74. The zero-order valence-electron chi connectivity index (χ0n) is 8.59. The van der Waals surface area contributed by atoms with Gasteiger partial charge in [-0.2, -0.15) is 0 Å². The van der Waals surface area contributed by atoms with Crippen molar-refractivity contribution in [3.8, 4) is 0 Å². The Kier molecular flexibility index (Phi) is 8.09. The summed E-state index contributed by atoms with van der Waals surface area (Å²) in [5.41, 5.74) is 0. The van der Waals surface area contributed by atoms with Crippen LogP contribution in [0.25, 0.3) is 0 Å². The smallest absolute Gasteiger partial charge is 0.0223 e. The maximum atomic E-state index is 4.00.